The summed E-state index contributed by atoms with van der Waals surface area (Å²) in [6.07, 6.45) is 0.952. The van der Waals surface area contributed by atoms with Gasteiger partial charge in [-0.25, -0.2) is 21.6 Å². The van der Waals surface area contributed by atoms with E-state index in [9.17, 15) is 16.8 Å². The third-order valence-corrected chi connectivity index (χ3v) is 3.61. The highest BCUT2D eigenvalue weighted by molar-refractivity contribution is 7.92. The fourth-order valence-electron chi connectivity index (χ4n) is 0.986. The molecule has 1 aromatic heterocycles. The first-order valence-corrected chi connectivity index (χ1v) is 8.11. The van der Waals surface area contributed by atoms with Crippen molar-refractivity contribution in [3.05, 3.63) is 11.8 Å². The maximum absolute atomic E-state index is 11.5. The van der Waals surface area contributed by atoms with Crippen molar-refractivity contribution >= 4 is 25.9 Å². The summed E-state index contributed by atoms with van der Waals surface area (Å²) < 4.78 is 53.3. The molecule has 0 spiro atoms. The van der Waals surface area contributed by atoms with Crippen LogP contribution < -0.4 is 9.44 Å². The fraction of sp³-hybridized carbons (Fsp3) is 0.571. The Morgan fingerprint density at radius 2 is 2.00 bits per heavy atom. The Kier molecular flexibility index (Phi) is 4.11. The molecule has 0 aliphatic rings. The Morgan fingerprint density at radius 1 is 1.35 bits per heavy atom. The van der Waals surface area contributed by atoms with Gasteiger partial charge in [-0.2, -0.15) is 0 Å². The second-order valence-electron chi connectivity index (χ2n) is 3.41. The zero-order valence-corrected chi connectivity index (χ0v) is 10.9. The van der Waals surface area contributed by atoms with Gasteiger partial charge in [0.1, 0.15) is 5.76 Å². The minimum atomic E-state index is -3.64. The molecule has 0 bridgehead atoms. The summed E-state index contributed by atoms with van der Waals surface area (Å²) >= 11 is 0. The molecule has 0 aliphatic carbocycles. The predicted molar refractivity (Wildman–Crippen MR) is 61.5 cm³/mol. The number of rotatable bonds is 6. The zero-order valence-electron chi connectivity index (χ0n) is 9.30. The lowest BCUT2D eigenvalue weighted by Gasteiger charge is -2.04. The molecule has 2 N–H and O–H groups in total. The van der Waals surface area contributed by atoms with Crippen LogP contribution in [0, 0.1) is 6.92 Å². The van der Waals surface area contributed by atoms with E-state index >= 15 is 0 Å². The van der Waals surface area contributed by atoms with E-state index in [1.807, 2.05) is 0 Å². The molecule has 10 heteroatoms. The lowest BCUT2D eigenvalue weighted by Crippen LogP contribution is -2.30. The smallest absolute Gasteiger partial charge is 0.235 e. The van der Waals surface area contributed by atoms with Gasteiger partial charge in [-0.05, 0) is 6.92 Å². The van der Waals surface area contributed by atoms with E-state index in [0.29, 0.717) is 5.76 Å². The van der Waals surface area contributed by atoms with E-state index in [2.05, 4.69) is 19.1 Å². The molecular weight excluding hydrogens is 270 g/mol. The van der Waals surface area contributed by atoms with Crippen LogP contribution in [-0.4, -0.2) is 40.5 Å². The second kappa shape index (κ2) is 5.02. The zero-order chi connectivity index (χ0) is 13.1. The van der Waals surface area contributed by atoms with E-state index in [1.165, 1.54) is 6.07 Å². The van der Waals surface area contributed by atoms with Crippen molar-refractivity contribution in [2.24, 2.45) is 0 Å². The predicted octanol–water partition coefficient (Wildman–Crippen LogP) is -0.726. The van der Waals surface area contributed by atoms with Crippen LogP contribution in [-0.2, 0) is 20.0 Å². The molecule has 0 saturated carbocycles. The Morgan fingerprint density at radius 3 is 2.47 bits per heavy atom. The molecule has 0 radical (unpaired) electrons. The van der Waals surface area contributed by atoms with Crippen molar-refractivity contribution in [1.29, 1.82) is 0 Å². The number of hydrogen-bond acceptors (Lipinski definition) is 6. The maximum Gasteiger partial charge on any atom is 0.235 e. The van der Waals surface area contributed by atoms with Crippen LogP contribution >= 0.6 is 0 Å². The SMILES string of the molecule is Cc1cc(NS(=O)(=O)CCNS(C)(=O)=O)no1. The van der Waals surface area contributed by atoms with Gasteiger partial charge in [0.2, 0.25) is 20.0 Å². The molecule has 1 heterocycles. The van der Waals surface area contributed by atoms with E-state index in [1.54, 1.807) is 6.92 Å². The van der Waals surface area contributed by atoms with Crippen LogP contribution in [0.15, 0.2) is 10.6 Å². The fourth-order valence-corrected chi connectivity index (χ4v) is 2.48. The van der Waals surface area contributed by atoms with Gasteiger partial charge in [-0.1, -0.05) is 5.16 Å². The van der Waals surface area contributed by atoms with Crippen molar-refractivity contribution in [3.63, 3.8) is 0 Å². The molecule has 0 saturated heterocycles. The monoisotopic (exact) mass is 283 g/mol. The third-order valence-electron chi connectivity index (χ3n) is 1.62. The molecule has 98 valence electrons. The van der Waals surface area contributed by atoms with Crippen molar-refractivity contribution in [2.45, 2.75) is 6.92 Å². The first-order chi connectivity index (χ1) is 7.68. The third kappa shape index (κ3) is 5.65. The molecule has 0 fully saturated rings. The Balaban J connectivity index is 2.52. The van der Waals surface area contributed by atoms with Crippen molar-refractivity contribution in [2.75, 3.05) is 23.3 Å². The van der Waals surface area contributed by atoms with Crippen molar-refractivity contribution in [3.8, 4) is 0 Å². The van der Waals surface area contributed by atoms with Gasteiger partial charge >= 0.3 is 0 Å². The van der Waals surface area contributed by atoms with Gasteiger partial charge < -0.3 is 4.52 Å². The first-order valence-electron chi connectivity index (χ1n) is 4.56. The lowest BCUT2D eigenvalue weighted by atomic mass is 10.5. The quantitative estimate of drug-likeness (QED) is 0.711. The second-order valence-corrected chi connectivity index (χ2v) is 7.09. The summed E-state index contributed by atoms with van der Waals surface area (Å²) in [5, 5.41) is 3.45. The van der Waals surface area contributed by atoms with Gasteiger partial charge in [0.25, 0.3) is 0 Å². The van der Waals surface area contributed by atoms with Gasteiger partial charge in [0.05, 0.1) is 12.0 Å². The van der Waals surface area contributed by atoms with Crippen molar-refractivity contribution in [1.82, 2.24) is 9.88 Å². The molecule has 0 aromatic carbocycles. The Hall–Kier alpha value is -1.13. The van der Waals surface area contributed by atoms with Gasteiger partial charge in [0, 0.05) is 12.6 Å². The molecule has 0 aliphatic heterocycles. The van der Waals surface area contributed by atoms with Gasteiger partial charge in [-0.3, -0.25) is 4.72 Å². The normalized spacial score (nSPS) is 12.6. The van der Waals surface area contributed by atoms with E-state index in [0.717, 1.165) is 6.26 Å². The van der Waals surface area contributed by atoms with Gasteiger partial charge in [0.15, 0.2) is 5.82 Å². The van der Waals surface area contributed by atoms with Crippen LogP contribution in [0.2, 0.25) is 0 Å². The molecule has 0 amide bonds. The van der Waals surface area contributed by atoms with Crippen LogP contribution in [0.5, 0.6) is 0 Å². The number of hydrogen-bond donors (Lipinski definition) is 2. The molecule has 0 unspecified atom stereocenters. The van der Waals surface area contributed by atoms with E-state index < -0.39 is 20.0 Å². The molecule has 17 heavy (non-hydrogen) atoms. The summed E-state index contributed by atoms with van der Waals surface area (Å²) in [4.78, 5) is 0. The lowest BCUT2D eigenvalue weighted by molar-refractivity contribution is 0.400. The topological polar surface area (TPSA) is 118 Å². The molecule has 1 aromatic rings. The van der Waals surface area contributed by atoms with Crippen LogP contribution in [0.25, 0.3) is 0 Å². The van der Waals surface area contributed by atoms with E-state index in [-0.39, 0.29) is 18.1 Å². The minimum absolute atomic E-state index is 0.0712. The molecule has 8 nitrogen and oxygen atoms in total. The standard InChI is InChI=1S/C7H13N3O5S2/c1-6-5-7(9-15-6)10-17(13,14)4-3-8-16(2,11)12/h5,8H,3-4H2,1-2H3,(H,9,10). The molecule has 0 atom stereocenters. The summed E-state index contributed by atoms with van der Waals surface area (Å²) in [5.74, 6) is 0.158. The first kappa shape index (κ1) is 13.9. The average molecular weight is 283 g/mol. The summed E-state index contributed by atoms with van der Waals surface area (Å²) in [6.45, 7) is 1.42. The largest absolute Gasteiger partial charge is 0.360 e. The van der Waals surface area contributed by atoms with Gasteiger partial charge in [-0.15, -0.1) is 0 Å². The highest BCUT2D eigenvalue weighted by atomic mass is 32.2. The number of aryl methyl sites for hydroxylation is 1. The average Bonchev–Trinajstić information content (AvgIpc) is 2.47. The van der Waals surface area contributed by atoms with Crippen LogP contribution in [0.4, 0.5) is 5.82 Å². The summed E-state index contributed by atoms with van der Waals surface area (Å²) in [6, 6.07) is 1.42. The number of nitrogens with one attached hydrogen (secondary N) is 2. The van der Waals surface area contributed by atoms with Crippen LogP contribution in [0.3, 0.4) is 0 Å². The highest BCUT2D eigenvalue weighted by Crippen LogP contribution is 2.08. The van der Waals surface area contributed by atoms with Crippen molar-refractivity contribution < 1.29 is 21.4 Å². The Bertz CT molecular complexity index is 574. The minimum Gasteiger partial charge on any atom is -0.360 e. The number of aromatic nitrogens is 1. The number of sulfonamides is 2. The summed E-state index contributed by atoms with van der Waals surface area (Å²) in [7, 11) is -7.03. The number of nitrogens with zero attached hydrogens (tertiary/aromatic N) is 1. The van der Waals surface area contributed by atoms with E-state index in [4.69, 9.17) is 0 Å². The molecular formula is C7H13N3O5S2. The van der Waals surface area contributed by atoms with Crippen LogP contribution in [0.1, 0.15) is 5.76 Å². The number of anilines is 1. The summed E-state index contributed by atoms with van der Waals surface area (Å²) in [5.41, 5.74) is 0. The maximum atomic E-state index is 11.5. The molecule has 1 rings (SSSR count). The highest BCUT2D eigenvalue weighted by Gasteiger charge is 2.13. The Labute approximate surface area is 99.5 Å².